The maximum Gasteiger partial charge on any atom is 0.315 e. The van der Waals surface area contributed by atoms with Gasteiger partial charge in [-0.1, -0.05) is 0 Å². The molecular weight excluding hydrogens is 258 g/mol. The van der Waals surface area contributed by atoms with E-state index in [-0.39, 0.29) is 12.1 Å². The molecule has 8 heteroatoms. The number of nitrogens with zero attached hydrogens (tertiary/aromatic N) is 5. The third-order valence-electron chi connectivity index (χ3n) is 2.89. The zero-order chi connectivity index (χ0) is 14.4. The number of carbonyl (C=O) groups is 1. The average molecular weight is 277 g/mol. The maximum absolute atomic E-state index is 11.7. The molecule has 0 saturated heterocycles. The Morgan fingerprint density at radius 1 is 1.50 bits per heavy atom. The number of aromatic nitrogens is 5. The molecular formula is C12H19N7O. The van der Waals surface area contributed by atoms with E-state index in [0.29, 0.717) is 6.54 Å². The highest BCUT2D eigenvalue weighted by Gasteiger charge is 2.13. The normalized spacial score (nSPS) is 12.1. The number of amides is 2. The molecule has 0 aliphatic carbocycles. The van der Waals surface area contributed by atoms with Crippen molar-refractivity contribution >= 4 is 6.03 Å². The summed E-state index contributed by atoms with van der Waals surface area (Å²) >= 11 is 0. The average Bonchev–Trinajstić information content (AvgIpc) is 3.05. The molecule has 2 heterocycles. The fourth-order valence-electron chi connectivity index (χ4n) is 1.87. The van der Waals surface area contributed by atoms with Crippen molar-refractivity contribution in [1.82, 2.24) is 35.2 Å². The fraction of sp³-hybridized carbons (Fsp3) is 0.500. The van der Waals surface area contributed by atoms with Crippen LogP contribution in [0.15, 0.2) is 24.8 Å². The van der Waals surface area contributed by atoms with Gasteiger partial charge in [0.05, 0.1) is 6.04 Å². The van der Waals surface area contributed by atoms with Crippen LogP contribution in [0.4, 0.5) is 4.79 Å². The SMILES string of the molecule is C[C@H](NC(=O)NCCCn1cccn1)c1nncn1C. The monoisotopic (exact) mass is 277 g/mol. The van der Waals surface area contributed by atoms with E-state index in [1.54, 1.807) is 17.1 Å². The molecule has 2 rings (SSSR count). The van der Waals surface area contributed by atoms with E-state index in [0.717, 1.165) is 18.8 Å². The largest absolute Gasteiger partial charge is 0.338 e. The standard InChI is InChI=1S/C12H19N7O/c1-10(11-17-14-9-18(11)2)16-12(20)13-5-3-7-19-8-4-6-15-19/h4,6,8-10H,3,5,7H2,1-2H3,(H2,13,16,20)/t10-/m0/s1. The lowest BCUT2D eigenvalue weighted by atomic mass is 10.3. The van der Waals surface area contributed by atoms with E-state index in [4.69, 9.17) is 0 Å². The Kier molecular flexibility index (Phi) is 4.70. The van der Waals surface area contributed by atoms with Gasteiger partial charge in [0.15, 0.2) is 5.82 Å². The van der Waals surface area contributed by atoms with Crippen molar-refractivity contribution in [2.45, 2.75) is 25.9 Å². The van der Waals surface area contributed by atoms with Gasteiger partial charge in [0, 0.05) is 32.5 Å². The first-order valence-electron chi connectivity index (χ1n) is 6.52. The van der Waals surface area contributed by atoms with Crippen molar-refractivity contribution in [3.05, 3.63) is 30.6 Å². The summed E-state index contributed by atoms with van der Waals surface area (Å²) in [5.41, 5.74) is 0. The summed E-state index contributed by atoms with van der Waals surface area (Å²) in [6, 6.07) is 1.48. The van der Waals surface area contributed by atoms with Gasteiger partial charge in [0.2, 0.25) is 0 Å². The highest BCUT2D eigenvalue weighted by molar-refractivity contribution is 5.74. The second kappa shape index (κ2) is 6.69. The number of urea groups is 1. The molecule has 0 radical (unpaired) electrons. The van der Waals surface area contributed by atoms with Crippen LogP contribution in [0.3, 0.4) is 0 Å². The first-order valence-corrected chi connectivity index (χ1v) is 6.52. The number of nitrogens with one attached hydrogen (secondary N) is 2. The smallest absolute Gasteiger partial charge is 0.315 e. The molecule has 2 aromatic heterocycles. The third-order valence-corrected chi connectivity index (χ3v) is 2.89. The molecule has 0 aliphatic rings. The second-order valence-corrected chi connectivity index (χ2v) is 4.54. The zero-order valence-corrected chi connectivity index (χ0v) is 11.7. The number of carbonyl (C=O) groups excluding carboxylic acids is 1. The molecule has 2 amide bonds. The van der Waals surface area contributed by atoms with Crippen LogP contribution in [0.2, 0.25) is 0 Å². The molecule has 1 atom stereocenters. The van der Waals surface area contributed by atoms with Crippen LogP contribution >= 0.6 is 0 Å². The predicted octanol–water partition coefficient (Wildman–Crippen LogP) is 0.462. The van der Waals surface area contributed by atoms with Gasteiger partial charge in [-0.25, -0.2) is 4.79 Å². The van der Waals surface area contributed by atoms with Gasteiger partial charge >= 0.3 is 6.03 Å². The molecule has 0 fully saturated rings. The summed E-state index contributed by atoms with van der Waals surface area (Å²) in [6.07, 6.45) is 6.07. The minimum atomic E-state index is -0.207. The topological polar surface area (TPSA) is 89.7 Å². The fourth-order valence-corrected chi connectivity index (χ4v) is 1.87. The Labute approximate surface area is 117 Å². The van der Waals surface area contributed by atoms with Crippen LogP contribution in [0, 0.1) is 0 Å². The minimum Gasteiger partial charge on any atom is -0.338 e. The highest BCUT2D eigenvalue weighted by Crippen LogP contribution is 2.06. The van der Waals surface area contributed by atoms with Gasteiger partial charge in [-0.3, -0.25) is 4.68 Å². The van der Waals surface area contributed by atoms with Crippen LogP contribution in [0.1, 0.15) is 25.2 Å². The van der Waals surface area contributed by atoms with E-state index >= 15 is 0 Å². The van der Waals surface area contributed by atoms with Gasteiger partial charge in [0.1, 0.15) is 6.33 Å². The summed E-state index contributed by atoms with van der Waals surface area (Å²) in [4.78, 5) is 11.7. The van der Waals surface area contributed by atoms with Gasteiger partial charge in [-0.15, -0.1) is 10.2 Å². The summed E-state index contributed by atoms with van der Waals surface area (Å²) in [6.45, 7) is 3.25. The lowest BCUT2D eigenvalue weighted by molar-refractivity contribution is 0.237. The Hall–Kier alpha value is -2.38. The summed E-state index contributed by atoms with van der Waals surface area (Å²) in [5.74, 6) is 0.719. The van der Waals surface area contributed by atoms with Crippen molar-refractivity contribution in [3.63, 3.8) is 0 Å². The van der Waals surface area contributed by atoms with Gasteiger partial charge in [-0.2, -0.15) is 5.10 Å². The molecule has 2 aromatic rings. The molecule has 2 N–H and O–H groups in total. The zero-order valence-electron chi connectivity index (χ0n) is 11.7. The van der Waals surface area contributed by atoms with Crippen LogP contribution in [-0.2, 0) is 13.6 Å². The molecule has 20 heavy (non-hydrogen) atoms. The number of aryl methyl sites for hydroxylation is 2. The minimum absolute atomic E-state index is 0.186. The van der Waals surface area contributed by atoms with Crippen molar-refractivity contribution in [3.8, 4) is 0 Å². The van der Waals surface area contributed by atoms with Crippen LogP contribution in [-0.4, -0.2) is 37.1 Å². The van der Waals surface area contributed by atoms with E-state index in [2.05, 4.69) is 25.9 Å². The van der Waals surface area contributed by atoms with Crippen LogP contribution in [0.5, 0.6) is 0 Å². The first kappa shape index (κ1) is 14.0. The molecule has 0 aliphatic heterocycles. The highest BCUT2D eigenvalue weighted by atomic mass is 16.2. The molecule has 8 nitrogen and oxygen atoms in total. The molecule has 0 bridgehead atoms. The van der Waals surface area contributed by atoms with Gasteiger partial charge < -0.3 is 15.2 Å². The van der Waals surface area contributed by atoms with Crippen LogP contribution in [0.25, 0.3) is 0 Å². The van der Waals surface area contributed by atoms with E-state index in [1.807, 2.05) is 30.9 Å². The summed E-state index contributed by atoms with van der Waals surface area (Å²) in [5, 5.41) is 17.5. The van der Waals surface area contributed by atoms with Gasteiger partial charge in [0.25, 0.3) is 0 Å². The van der Waals surface area contributed by atoms with Crippen molar-refractivity contribution in [2.24, 2.45) is 7.05 Å². The molecule has 0 saturated carbocycles. The summed E-state index contributed by atoms with van der Waals surface area (Å²) < 4.78 is 3.62. The molecule has 0 spiro atoms. The Morgan fingerprint density at radius 3 is 3.00 bits per heavy atom. The van der Waals surface area contributed by atoms with Crippen molar-refractivity contribution < 1.29 is 4.79 Å². The van der Waals surface area contributed by atoms with Crippen LogP contribution < -0.4 is 10.6 Å². The van der Waals surface area contributed by atoms with Crippen molar-refractivity contribution in [2.75, 3.05) is 6.54 Å². The molecule has 108 valence electrons. The van der Waals surface area contributed by atoms with E-state index in [1.165, 1.54) is 0 Å². The summed E-state index contributed by atoms with van der Waals surface area (Å²) in [7, 11) is 1.84. The predicted molar refractivity (Wildman–Crippen MR) is 72.8 cm³/mol. The Bertz CT molecular complexity index is 534. The van der Waals surface area contributed by atoms with Gasteiger partial charge in [-0.05, 0) is 19.4 Å². The van der Waals surface area contributed by atoms with Crippen molar-refractivity contribution in [1.29, 1.82) is 0 Å². The molecule has 0 unspecified atom stereocenters. The Balaban J connectivity index is 1.66. The quantitative estimate of drug-likeness (QED) is 0.751. The van der Waals surface area contributed by atoms with E-state index < -0.39 is 0 Å². The Morgan fingerprint density at radius 2 is 2.35 bits per heavy atom. The molecule has 0 aromatic carbocycles. The third kappa shape index (κ3) is 3.81. The number of hydrogen-bond donors (Lipinski definition) is 2. The lowest BCUT2D eigenvalue weighted by Gasteiger charge is -2.13. The second-order valence-electron chi connectivity index (χ2n) is 4.54. The number of hydrogen-bond acceptors (Lipinski definition) is 4. The number of rotatable bonds is 6. The lowest BCUT2D eigenvalue weighted by Crippen LogP contribution is -2.38. The van der Waals surface area contributed by atoms with E-state index in [9.17, 15) is 4.79 Å². The first-order chi connectivity index (χ1) is 9.66. The maximum atomic E-state index is 11.7.